The summed E-state index contributed by atoms with van der Waals surface area (Å²) >= 11 is 6.12. The van der Waals surface area contributed by atoms with E-state index in [2.05, 4.69) is 10.6 Å². The molecule has 7 heteroatoms. The van der Waals surface area contributed by atoms with E-state index < -0.39 is 12.0 Å². The van der Waals surface area contributed by atoms with Crippen molar-refractivity contribution in [3.8, 4) is 0 Å². The molecule has 4 rings (SSSR count). The van der Waals surface area contributed by atoms with Gasteiger partial charge in [0.15, 0.2) is 0 Å². The first-order valence-corrected chi connectivity index (χ1v) is 11.9. The Morgan fingerprint density at radius 1 is 1.03 bits per heavy atom. The Hall–Kier alpha value is -3.64. The Morgan fingerprint density at radius 3 is 2.46 bits per heavy atom. The van der Waals surface area contributed by atoms with Crippen LogP contribution in [-0.2, 0) is 20.8 Å². The van der Waals surface area contributed by atoms with Crippen LogP contribution in [0.15, 0.2) is 66.7 Å². The van der Waals surface area contributed by atoms with Crippen molar-refractivity contribution in [1.82, 2.24) is 5.32 Å². The molecule has 0 radical (unpaired) electrons. The third-order valence-corrected chi connectivity index (χ3v) is 6.65. The van der Waals surface area contributed by atoms with Crippen LogP contribution in [0, 0.1) is 13.8 Å². The van der Waals surface area contributed by atoms with Crippen LogP contribution in [0.5, 0.6) is 0 Å². The van der Waals surface area contributed by atoms with Crippen LogP contribution in [0.3, 0.4) is 0 Å². The van der Waals surface area contributed by atoms with Gasteiger partial charge in [0.1, 0.15) is 6.04 Å². The number of nitrogens with zero attached hydrogens (tertiary/aromatic N) is 1. The van der Waals surface area contributed by atoms with Crippen molar-refractivity contribution in [3.05, 3.63) is 94.0 Å². The van der Waals surface area contributed by atoms with Gasteiger partial charge < -0.3 is 15.5 Å². The van der Waals surface area contributed by atoms with E-state index in [4.69, 9.17) is 11.6 Å². The minimum atomic E-state index is -0.809. The molecule has 1 aliphatic rings. The van der Waals surface area contributed by atoms with Crippen molar-refractivity contribution in [2.24, 2.45) is 0 Å². The molecular formula is C28H28ClN3O3. The van der Waals surface area contributed by atoms with E-state index in [0.717, 1.165) is 27.9 Å². The molecule has 2 N–H and O–H groups in total. The first-order chi connectivity index (χ1) is 16.7. The molecule has 0 saturated heterocycles. The maximum atomic E-state index is 13.5. The summed E-state index contributed by atoms with van der Waals surface area (Å²) < 4.78 is 0. The van der Waals surface area contributed by atoms with Crippen LogP contribution < -0.4 is 15.5 Å². The van der Waals surface area contributed by atoms with Crippen molar-refractivity contribution in [1.29, 1.82) is 0 Å². The van der Waals surface area contributed by atoms with Gasteiger partial charge in [0.2, 0.25) is 17.7 Å². The summed E-state index contributed by atoms with van der Waals surface area (Å²) in [4.78, 5) is 40.9. The van der Waals surface area contributed by atoms with E-state index in [1.165, 1.54) is 4.90 Å². The molecule has 0 aromatic heterocycles. The number of likely N-dealkylation sites (N-methyl/N-ethyl adjacent to an activating group) is 1. The van der Waals surface area contributed by atoms with Gasteiger partial charge in [-0.2, -0.15) is 0 Å². The third kappa shape index (κ3) is 5.38. The summed E-state index contributed by atoms with van der Waals surface area (Å²) in [7, 11) is 1.66. The maximum absolute atomic E-state index is 13.5. The second kappa shape index (κ2) is 10.3. The van der Waals surface area contributed by atoms with E-state index in [-0.39, 0.29) is 24.1 Å². The summed E-state index contributed by atoms with van der Waals surface area (Å²) in [6.45, 7) is 3.87. The van der Waals surface area contributed by atoms with Gasteiger partial charge >= 0.3 is 0 Å². The summed E-state index contributed by atoms with van der Waals surface area (Å²) in [5.74, 6) is -1.42. The zero-order valence-corrected chi connectivity index (χ0v) is 20.7. The van der Waals surface area contributed by atoms with Crippen molar-refractivity contribution in [2.75, 3.05) is 17.3 Å². The van der Waals surface area contributed by atoms with E-state index in [1.54, 1.807) is 31.3 Å². The molecule has 2 atom stereocenters. The number of fused-ring (bicyclic) bond motifs is 1. The lowest BCUT2D eigenvalue weighted by molar-refractivity contribution is -0.128. The average molecular weight is 490 g/mol. The van der Waals surface area contributed by atoms with Gasteiger partial charge in [-0.3, -0.25) is 14.4 Å². The quantitative estimate of drug-likeness (QED) is 0.501. The molecule has 0 spiro atoms. The Labute approximate surface area is 210 Å². The number of nitrogens with one attached hydrogen (secondary N) is 2. The zero-order valence-electron chi connectivity index (χ0n) is 20.0. The Morgan fingerprint density at radius 2 is 1.74 bits per heavy atom. The monoisotopic (exact) mass is 489 g/mol. The highest BCUT2D eigenvalue weighted by Gasteiger charge is 2.35. The van der Waals surface area contributed by atoms with E-state index in [9.17, 15) is 14.4 Å². The highest BCUT2D eigenvalue weighted by atomic mass is 35.5. The van der Waals surface area contributed by atoms with E-state index in [0.29, 0.717) is 17.1 Å². The normalized spacial score (nSPS) is 15.2. The van der Waals surface area contributed by atoms with Crippen molar-refractivity contribution < 1.29 is 14.4 Å². The molecule has 1 aliphatic heterocycles. The molecule has 3 amide bonds. The molecule has 0 fully saturated rings. The lowest BCUT2D eigenvalue weighted by atomic mass is 9.91. The molecule has 6 nitrogen and oxygen atoms in total. The van der Waals surface area contributed by atoms with E-state index in [1.807, 2.05) is 56.3 Å². The SMILES string of the molecule is Cc1ccc(C)c2c1NC(=O)C2CC(=O)NC(Cc1ccccc1)C(=O)N(C)c1cccc(Cl)c1. The van der Waals surface area contributed by atoms with Crippen LogP contribution in [0.1, 0.15) is 34.6 Å². The molecule has 3 aromatic carbocycles. The predicted molar refractivity (Wildman–Crippen MR) is 139 cm³/mol. The van der Waals surface area contributed by atoms with Crippen LogP contribution in [0.25, 0.3) is 0 Å². The maximum Gasteiger partial charge on any atom is 0.249 e. The standard InChI is InChI=1S/C28H28ClN3O3/c1-17-12-13-18(2)26-25(17)22(27(34)31-26)16-24(33)30-23(14-19-8-5-4-6-9-19)28(35)32(3)21-11-7-10-20(29)15-21/h4-13,15,22-23H,14,16H2,1-3H3,(H,30,33)(H,31,34). The summed E-state index contributed by atoms with van der Waals surface area (Å²) in [5.41, 5.74) is 5.10. The van der Waals surface area contributed by atoms with Crippen LogP contribution in [0.4, 0.5) is 11.4 Å². The van der Waals surface area contributed by atoms with Crippen molar-refractivity contribution in [3.63, 3.8) is 0 Å². The van der Waals surface area contributed by atoms with Gasteiger partial charge in [-0.25, -0.2) is 0 Å². The Bertz CT molecular complexity index is 1280. The van der Waals surface area contributed by atoms with Crippen LogP contribution >= 0.6 is 11.6 Å². The molecule has 1 heterocycles. The summed E-state index contributed by atoms with van der Waals surface area (Å²) in [6.07, 6.45) is 0.282. The summed E-state index contributed by atoms with van der Waals surface area (Å²) in [6, 6.07) is 19.6. The highest BCUT2D eigenvalue weighted by Crippen LogP contribution is 2.39. The Kier molecular flexibility index (Phi) is 7.22. The van der Waals surface area contributed by atoms with Gasteiger partial charge in [-0.05, 0) is 54.3 Å². The van der Waals surface area contributed by atoms with Gasteiger partial charge in [-0.15, -0.1) is 0 Å². The molecule has 3 aromatic rings. The number of anilines is 2. The molecule has 0 aliphatic carbocycles. The molecule has 2 unspecified atom stereocenters. The number of halogens is 1. The predicted octanol–water partition coefficient (Wildman–Crippen LogP) is 4.77. The number of aryl methyl sites for hydroxylation is 2. The minimum absolute atomic E-state index is 0.0391. The number of benzene rings is 3. The lowest BCUT2D eigenvalue weighted by Crippen LogP contribution is -2.49. The smallest absolute Gasteiger partial charge is 0.249 e. The topological polar surface area (TPSA) is 78.5 Å². The fourth-order valence-corrected chi connectivity index (χ4v) is 4.70. The average Bonchev–Trinajstić information content (AvgIpc) is 3.17. The van der Waals surface area contributed by atoms with Gasteiger partial charge in [0, 0.05) is 36.3 Å². The first-order valence-electron chi connectivity index (χ1n) is 11.5. The summed E-state index contributed by atoms with van der Waals surface area (Å²) in [5, 5.41) is 6.33. The number of carbonyl (C=O) groups excluding carboxylic acids is 3. The highest BCUT2D eigenvalue weighted by molar-refractivity contribution is 6.31. The first kappa shape index (κ1) is 24.5. The molecule has 0 saturated carbocycles. The number of hydrogen-bond donors (Lipinski definition) is 2. The fraction of sp³-hybridized carbons (Fsp3) is 0.250. The molecule has 0 bridgehead atoms. The van der Waals surface area contributed by atoms with Gasteiger partial charge in [0.05, 0.1) is 5.92 Å². The third-order valence-electron chi connectivity index (χ3n) is 6.42. The van der Waals surface area contributed by atoms with Gasteiger partial charge in [0.25, 0.3) is 0 Å². The zero-order chi connectivity index (χ0) is 25.1. The van der Waals surface area contributed by atoms with Crippen LogP contribution in [-0.4, -0.2) is 30.8 Å². The molecular weight excluding hydrogens is 462 g/mol. The number of rotatable bonds is 7. The van der Waals surface area contributed by atoms with Crippen LogP contribution in [0.2, 0.25) is 5.02 Å². The van der Waals surface area contributed by atoms with E-state index >= 15 is 0 Å². The minimum Gasteiger partial charge on any atom is -0.344 e. The van der Waals surface area contributed by atoms with Gasteiger partial charge in [-0.1, -0.05) is 60.1 Å². The second-order valence-corrected chi connectivity index (χ2v) is 9.36. The number of hydrogen-bond acceptors (Lipinski definition) is 3. The fourth-order valence-electron chi connectivity index (χ4n) is 4.52. The Balaban J connectivity index is 1.56. The van der Waals surface area contributed by atoms with Crippen molar-refractivity contribution >= 4 is 40.7 Å². The lowest BCUT2D eigenvalue weighted by Gasteiger charge is -2.25. The van der Waals surface area contributed by atoms with Crippen molar-refractivity contribution in [2.45, 2.75) is 38.6 Å². The number of carbonyl (C=O) groups is 3. The molecule has 180 valence electrons. The largest absolute Gasteiger partial charge is 0.344 e. The molecule has 35 heavy (non-hydrogen) atoms. The second-order valence-electron chi connectivity index (χ2n) is 8.92. The number of amides is 3.